The van der Waals surface area contributed by atoms with Gasteiger partial charge in [-0.2, -0.15) is 0 Å². The fourth-order valence-corrected chi connectivity index (χ4v) is 1.47. The molecule has 2 radical (unpaired) electrons. The predicted octanol–water partition coefficient (Wildman–Crippen LogP) is 1.55. The Kier molecular flexibility index (Phi) is 5.35. The van der Waals surface area contributed by atoms with Crippen LogP contribution < -0.4 is 0 Å². The van der Waals surface area contributed by atoms with Crippen LogP contribution in [0.1, 0.15) is 0 Å². The zero-order valence-corrected chi connectivity index (χ0v) is 5.88. The third-order valence-corrected chi connectivity index (χ3v) is 2.22. The van der Waals surface area contributed by atoms with E-state index in [1.54, 1.807) is 0 Å². The van der Waals surface area contributed by atoms with E-state index in [0.29, 0.717) is 0 Å². The molecule has 0 aliphatic carbocycles. The van der Waals surface area contributed by atoms with Crippen LogP contribution in [0.25, 0.3) is 0 Å². The van der Waals surface area contributed by atoms with E-state index in [1.165, 1.54) is 11.4 Å². The van der Waals surface area contributed by atoms with Crippen molar-refractivity contribution in [3.63, 3.8) is 0 Å². The highest BCUT2D eigenvalue weighted by molar-refractivity contribution is 9.09. The molecule has 0 saturated carbocycles. The van der Waals surface area contributed by atoms with Crippen LogP contribution in [0.2, 0.25) is 12.6 Å². The summed E-state index contributed by atoms with van der Waals surface area (Å²) in [7, 11) is 1.11. The third kappa shape index (κ3) is 4.70. The molecule has 0 aromatic carbocycles. The van der Waals surface area contributed by atoms with Crippen LogP contribution in [-0.2, 0) is 0 Å². The molecule has 0 aromatic rings. The predicted molar refractivity (Wildman–Crippen MR) is 30.2 cm³/mol. The molecule has 0 nitrogen and oxygen atoms in total. The molecule has 0 saturated heterocycles. The van der Waals surface area contributed by atoms with Crippen molar-refractivity contribution in [2.75, 3.05) is 5.33 Å². The van der Waals surface area contributed by atoms with E-state index >= 15 is 0 Å². The highest BCUT2D eigenvalue weighted by Gasteiger charge is 1.71. The molecule has 0 N–H and O–H groups in total. The number of halogens is 1. The fourth-order valence-electron chi connectivity index (χ4n) is 0.0945. The lowest BCUT2D eigenvalue weighted by Gasteiger charge is -1.75. The molecule has 0 spiro atoms. The summed E-state index contributed by atoms with van der Waals surface area (Å²) in [5.74, 6) is 0. The number of alkyl halides is 1. The van der Waals surface area contributed by atoms with Gasteiger partial charge in [0, 0.05) is 14.8 Å². The molecule has 0 fully saturated rings. The van der Waals surface area contributed by atoms with Gasteiger partial charge in [0.05, 0.1) is 0 Å². The minimum absolute atomic E-state index is 1.11. The Morgan fingerprint density at radius 1 is 1.80 bits per heavy atom. The zero-order valence-electron chi connectivity index (χ0n) is 3.29. The normalized spacial score (nSPS) is 8.40. The van der Waals surface area contributed by atoms with E-state index in [1.807, 2.05) is 0 Å². The van der Waals surface area contributed by atoms with E-state index in [4.69, 9.17) is 0 Å². The molecule has 0 unspecified atom stereocenters. The first-order valence-electron chi connectivity index (χ1n) is 1.62. The second kappa shape index (κ2) is 4.70. The minimum Gasteiger partial charge on any atom is -0.0931 e. The van der Waals surface area contributed by atoms with Crippen molar-refractivity contribution in [2.45, 2.75) is 12.6 Å². The van der Waals surface area contributed by atoms with E-state index in [0.717, 1.165) is 9.52 Å². The monoisotopic (exact) mass is 150 g/mol. The molecule has 0 aliphatic rings. The van der Waals surface area contributed by atoms with E-state index < -0.39 is 0 Å². The number of hydrogen-bond donors (Lipinski definition) is 0. The Bertz CT molecular complexity index is 14.4. The van der Waals surface area contributed by atoms with Gasteiger partial charge in [0.2, 0.25) is 0 Å². The summed E-state index contributed by atoms with van der Waals surface area (Å²) in [6.07, 6.45) is 0. The maximum atomic E-state index is 3.32. The second-order valence-corrected chi connectivity index (χ2v) is 2.79. The fraction of sp³-hybridized carbons (Fsp3) is 1.00. The van der Waals surface area contributed by atoms with Crippen LogP contribution in [0, 0.1) is 0 Å². The lowest BCUT2D eigenvalue weighted by molar-refractivity contribution is 1.50. The van der Waals surface area contributed by atoms with Gasteiger partial charge >= 0.3 is 0 Å². The van der Waals surface area contributed by atoms with Gasteiger partial charge in [0.1, 0.15) is 0 Å². The quantitative estimate of drug-likeness (QED) is 0.415. The average Bonchev–Trinajstić information content (AvgIpc) is 1.41. The molecule has 5 heavy (non-hydrogen) atoms. The summed E-state index contributed by atoms with van der Waals surface area (Å²) in [5.41, 5.74) is 0. The molecule has 0 aromatic heterocycles. The van der Waals surface area contributed by atoms with Crippen LogP contribution >= 0.6 is 15.9 Å². The molecule has 30 valence electrons. The second-order valence-electron chi connectivity index (χ2n) is 0.793. The topological polar surface area (TPSA) is 0 Å². The molecule has 0 heterocycles. The first-order chi connectivity index (χ1) is 2.41. The van der Waals surface area contributed by atoms with Gasteiger partial charge < -0.3 is 0 Å². The van der Waals surface area contributed by atoms with Gasteiger partial charge in [-0.1, -0.05) is 28.5 Å². The first-order valence-corrected chi connectivity index (χ1v) is 4.45. The van der Waals surface area contributed by atoms with Crippen molar-refractivity contribution in [3.05, 3.63) is 0 Å². The first kappa shape index (κ1) is 5.70. The standard InChI is InChI=1S/C3H7BrSi/c1-5-3-2-4/h2-3H2,1H3. The smallest absolute Gasteiger partial charge is 0.0351 e. The minimum atomic E-state index is 1.11. The SMILES string of the molecule is C[Si]CCBr. The van der Waals surface area contributed by atoms with Gasteiger partial charge in [-0.15, -0.1) is 0 Å². The van der Waals surface area contributed by atoms with Gasteiger partial charge in [-0.25, -0.2) is 0 Å². The maximum Gasteiger partial charge on any atom is 0.0351 e. The van der Waals surface area contributed by atoms with Crippen LogP contribution in [0.4, 0.5) is 0 Å². The van der Waals surface area contributed by atoms with E-state index in [-0.39, 0.29) is 0 Å². The van der Waals surface area contributed by atoms with E-state index in [9.17, 15) is 0 Å². The van der Waals surface area contributed by atoms with Crippen molar-refractivity contribution in [3.8, 4) is 0 Å². The summed E-state index contributed by atoms with van der Waals surface area (Å²) in [6.45, 7) is 2.21. The van der Waals surface area contributed by atoms with Crippen molar-refractivity contribution in [2.24, 2.45) is 0 Å². The van der Waals surface area contributed by atoms with Gasteiger partial charge in [0.25, 0.3) is 0 Å². The Balaban J connectivity index is 2.19. The summed E-state index contributed by atoms with van der Waals surface area (Å²) in [5, 5.41) is 1.17. The van der Waals surface area contributed by atoms with Crippen molar-refractivity contribution < 1.29 is 0 Å². The maximum absolute atomic E-state index is 3.32. The summed E-state index contributed by atoms with van der Waals surface area (Å²) >= 11 is 3.32. The van der Waals surface area contributed by atoms with Crippen molar-refractivity contribution in [1.29, 1.82) is 0 Å². The summed E-state index contributed by atoms with van der Waals surface area (Å²) in [6, 6.07) is 1.33. The molecular formula is C3H7BrSi. The summed E-state index contributed by atoms with van der Waals surface area (Å²) in [4.78, 5) is 0. The average molecular weight is 151 g/mol. The van der Waals surface area contributed by atoms with Gasteiger partial charge in [-0.05, 0) is 0 Å². The van der Waals surface area contributed by atoms with Crippen molar-refractivity contribution in [1.82, 2.24) is 0 Å². The van der Waals surface area contributed by atoms with Crippen LogP contribution in [0.15, 0.2) is 0 Å². The van der Waals surface area contributed by atoms with Gasteiger partial charge in [0.15, 0.2) is 0 Å². The molecule has 0 aliphatic heterocycles. The lowest BCUT2D eigenvalue weighted by Crippen LogP contribution is -1.77. The molecule has 0 bridgehead atoms. The number of rotatable bonds is 2. The van der Waals surface area contributed by atoms with Crippen LogP contribution in [0.3, 0.4) is 0 Å². The highest BCUT2D eigenvalue weighted by Crippen LogP contribution is 1.83. The van der Waals surface area contributed by atoms with Crippen LogP contribution in [-0.4, -0.2) is 14.8 Å². The van der Waals surface area contributed by atoms with Crippen molar-refractivity contribution >= 4 is 25.4 Å². The Hall–Kier alpha value is 0.697. The highest BCUT2D eigenvalue weighted by atomic mass is 79.9. The van der Waals surface area contributed by atoms with Crippen LogP contribution in [0.5, 0.6) is 0 Å². The Morgan fingerprint density at radius 3 is 2.40 bits per heavy atom. The van der Waals surface area contributed by atoms with E-state index in [2.05, 4.69) is 22.5 Å². The van der Waals surface area contributed by atoms with Gasteiger partial charge in [-0.3, -0.25) is 0 Å². The Morgan fingerprint density at radius 2 is 2.40 bits per heavy atom. The molecule has 2 heteroatoms. The molecule has 0 rings (SSSR count). The Labute approximate surface area is 43.9 Å². The molecular weight excluding hydrogens is 144 g/mol. The molecule has 0 amide bonds. The largest absolute Gasteiger partial charge is 0.0931 e. The lowest BCUT2D eigenvalue weighted by atomic mass is 11.0. The summed E-state index contributed by atoms with van der Waals surface area (Å²) < 4.78 is 0. The zero-order chi connectivity index (χ0) is 4.12. The molecule has 0 atom stereocenters. The third-order valence-electron chi connectivity index (χ3n) is 0.344. The number of hydrogen-bond acceptors (Lipinski definition) is 0.